The second-order valence-corrected chi connectivity index (χ2v) is 10.1. The summed E-state index contributed by atoms with van der Waals surface area (Å²) in [7, 11) is 0. The highest BCUT2D eigenvalue weighted by molar-refractivity contribution is 5.79. The zero-order valence-electron chi connectivity index (χ0n) is 18.2. The molecule has 1 aromatic carbocycles. The number of carbonyl (C=O) groups is 1. The van der Waals surface area contributed by atoms with E-state index in [1.165, 1.54) is 17.5 Å². The molecule has 0 spiro atoms. The van der Waals surface area contributed by atoms with E-state index in [2.05, 4.69) is 47.7 Å². The number of fused-ring (bicyclic) bond motifs is 5. The summed E-state index contributed by atoms with van der Waals surface area (Å²) in [6.45, 7) is 11.8. The molecule has 3 aliphatic rings. The molecular formula is C24H32N4O. The van der Waals surface area contributed by atoms with Gasteiger partial charge >= 0.3 is 6.03 Å². The second-order valence-electron chi connectivity index (χ2n) is 10.1. The molecule has 154 valence electrons. The number of hydrogen-bond donors (Lipinski definition) is 0. The molecule has 2 fully saturated rings. The van der Waals surface area contributed by atoms with Crippen molar-refractivity contribution in [3.05, 3.63) is 35.2 Å². The van der Waals surface area contributed by atoms with E-state index >= 15 is 0 Å². The van der Waals surface area contributed by atoms with Gasteiger partial charge < -0.3 is 9.80 Å². The van der Waals surface area contributed by atoms with Crippen molar-refractivity contribution >= 4 is 17.1 Å². The fourth-order valence-electron chi connectivity index (χ4n) is 6.01. The van der Waals surface area contributed by atoms with Gasteiger partial charge in [-0.15, -0.1) is 0 Å². The highest BCUT2D eigenvalue weighted by Crippen LogP contribution is 2.56. The zero-order valence-corrected chi connectivity index (χ0v) is 18.2. The van der Waals surface area contributed by atoms with Crippen LogP contribution in [-0.2, 0) is 11.8 Å². The molecule has 0 unspecified atom stereocenters. The number of benzene rings is 1. The third kappa shape index (κ3) is 2.69. The fourth-order valence-corrected chi connectivity index (χ4v) is 6.01. The minimum atomic E-state index is 0.00856. The van der Waals surface area contributed by atoms with Gasteiger partial charge in [0.15, 0.2) is 0 Å². The third-order valence-electron chi connectivity index (χ3n) is 8.25. The number of aromatic nitrogens is 2. The molecule has 5 heteroatoms. The van der Waals surface area contributed by atoms with Gasteiger partial charge in [-0.25, -0.2) is 9.78 Å². The second kappa shape index (κ2) is 6.41. The Morgan fingerprint density at radius 1 is 1.07 bits per heavy atom. The van der Waals surface area contributed by atoms with Crippen LogP contribution in [0.2, 0.25) is 0 Å². The molecule has 3 heterocycles. The molecule has 2 aromatic rings. The first-order valence-corrected chi connectivity index (χ1v) is 11.1. The van der Waals surface area contributed by atoms with Gasteiger partial charge in [0.05, 0.1) is 16.7 Å². The summed E-state index contributed by atoms with van der Waals surface area (Å²) in [6.07, 6.45) is 7.27. The Morgan fingerprint density at radius 2 is 1.83 bits per heavy atom. The molecule has 0 saturated carbocycles. The van der Waals surface area contributed by atoms with Gasteiger partial charge in [0, 0.05) is 37.3 Å². The van der Waals surface area contributed by atoms with Crippen molar-refractivity contribution in [2.75, 3.05) is 19.6 Å². The molecule has 29 heavy (non-hydrogen) atoms. The van der Waals surface area contributed by atoms with Crippen LogP contribution in [0.25, 0.3) is 11.0 Å². The Bertz CT molecular complexity index is 978. The monoisotopic (exact) mass is 392 g/mol. The third-order valence-corrected chi connectivity index (χ3v) is 8.25. The Morgan fingerprint density at radius 3 is 2.59 bits per heavy atom. The van der Waals surface area contributed by atoms with Crippen molar-refractivity contribution in [3.63, 3.8) is 0 Å². The molecule has 0 radical (unpaired) electrons. The van der Waals surface area contributed by atoms with E-state index in [-0.39, 0.29) is 22.9 Å². The quantitative estimate of drug-likeness (QED) is 0.665. The van der Waals surface area contributed by atoms with Crippen molar-refractivity contribution in [1.82, 2.24) is 19.8 Å². The van der Waals surface area contributed by atoms with Gasteiger partial charge in [0.2, 0.25) is 0 Å². The van der Waals surface area contributed by atoms with Crippen LogP contribution >= 0.6 is 0 Å². The van der Waals surface area contributed by atoms with E-state index in [9.17, 15) is 4.79 Å². The van der Waals surface area contributed by atoms with Gasteiger partial charge in [-0.2, -0.15) is 0 Å². The van der Waals surface area contributed by atoms with Crippen molar-refractivity contribution in [3.8, 4) is 0 Å². The summed E-state index contributed by atoms with van der Waals surface area (Å²) >= 11 is 0. The average molecular weight is 393 g/mol. The van der Waals surface area contributed by atoms with E-state index < -0.39 is 0 Å². The van der Waals surface area contributed by atoms with E-state index in [4.69, 9.17) is 4.98 Å². The van der Waals surface area contributed by atoms with Gasteiger partial charge in [-0.05, 0) is 67.7 Å². The first-order chi connectivity index (χ1) is 13.8. The van der Waals surface area contributed by atoms with Crippen LogP contribution < -0.4 is 0 Å². The standard InChI is InChI=1S/C24H32N4O/c1-16-15-25-19-12-17-13-21-23(2,3)24(4,18(17)14-20(19)26-16)8-11-28(21)22(29)27-9-6-5-7-10-27/h12,14-15,21H,5-11,13H2,1-4H3/t21-,24+/m1/s1. The van der Waals surface area contributed by atoms with Crippen LogP contribution in [0.5, 0.6) is 0 Å². The van der Waals surface area contributed by atoms with Gasteiger partial charge in [-0.1, -0.05) is 20.8 Å². The maximum atomic E-state index is 13.4. The van der Waals surface area contributed by atoms with E-state index in [1.54, 1.807) is 0 Å². The summed E-state index contributed by atoms with van der Waals surface area (Å²) < 4.78 is 0. The molecular weight excluding hydrogens is 360 g/mol. The average Bonchev–Trinajstić information content (AvgIpc) is 2.70. The minimum absolute atomic E-state index is 0.00856. The molecule has 1 aromatic heterocycles. The van der Waals surface area contributed by atoms with E-state index in [1.807, 2.05) is 13.1 Å². The predicted octanol–water partition coefficient (Wildman–Crippen LogP) is 4.46. The van der Waals surface area contributed by atoms with Crippen LogP contribution in [0.15, 0.2) is 18.3 Å². The molecule has 0 N–H and O–H groups in total. The van der Waals surface area contributed by atoms with Crippen LogP contribution in [0.3, 0.4) is 0 Å². The Labute approximate surface area is 173 Å². The van der Waals surface area contributed by atoms with Gasteiger partial charge in [0.1, 0.15) is 0 Å². The number of rotatable bonds is 0. The lowest BCUT2D eigenvalue weighted by atomic mass is 9.51. The number of amides is 2. The lowest BCUT2D eigenvalue weighted by molar-refractivity contribution is -0.0241. The number of aryl methyl sites for hydroxylation is 1. The number of likely N-dealkylation sites (tertiary alicyclic amines) is 2. The van der Waals surface area contributed by atoms with Crippen molar-refractivity contribution in [2.24, 2.45) is 5.41 Å². The number of piperidine rings is 2. The van der Waals surface area contributed by atoms with Crippen molar-refractivity contribution < 1.29 is 4.79 Å². The van der Waals surface area contributed by atoms with Crippen LogP contribution in [0.4, 0.5) is 4.79 Å². The molecule has 5 nitrogen and oxygen atoms in total. The van der Waals surface area contributed by atoms with Gasteiger partial charge in [0.25, 0.3) is 0 Å². The Kier molecular flexibility index (Phi) is 4.17. The topological polar surface area (TPSA) is 49.3 Å². The summed E-state index contributed by atoms with van der Waals surface area (Å²) in [4.78, 5) is 27.1. The molecule has 2 atom stereocenters. The zero-order chi connectivity index (χ0) is 20.4. The normalized spacial score (nSPS) is 28.3. The first-order valence-electron chi connectivity index (χ1n) is 11.1. The van der Waals surface area contributed by atoms with Crippen LogP contribution in [-0.4, -0.2) is 51.5 Å². The van der Waals surface area contributed by atoms with Crippen molar-refractivity contribution in [1.29, 1.82) is 0 Å². The van der Waals surface area contributed by atoms with E-state index in [0.29, 0.717) is 0 Å². The maximum absolute atomic E-state index is 13.4. The molecule has 2 amide bonds. The number of nitrogens with zero attached hydrogens (tertiary/aromatic N) is 4. The fraction of sp³-hybridized carbons (Fsp3) is 0.625. The Balaban J connectivity index is 1.57. The lowest BCUT2D eigenvalue weighted by Gasteiger charge is -2.61. The van der Waals surface area contributed by atoms with Crippen LogP contribution in [0, 0.1) is 12.3 Å². The molecule has 5 rings (SSSR count). The SMILES string of the molecule is Cc1cnc2cc3c(cc2n1)[C@]1(C)CCN(C(=O)N2CCCCC2)[C@H](C3)C1(C)C. The molecule has 1 aliphatic carbocycles. The summed E-state index contributed by atoms with van der Waals surface area (Å²) in [6, 6.07) is 4.99. The highest BCUT2D eigenvalue weighted by Gasteiger charge is 2.57. The summed E-state index contributed by atoms with van der Waals surface area (Å²) in [5.41, 5.74) is 5.71. The van der Waals surface area contributed by atoms with Crippen molar-refractivity contribution in [2.45, 2.75) is 71.3 Å². The molecule has 2 bridgehead atoms. The number of urea groups is 1. The van der Waals surface area contributed by atoms with E-state index in [0.717, 1.165) is 62.0 Å². The maximum Gasteiger partial charge on any atom is 0.320 e. The molecule has 2 saturated heterocycles. The number of hydrogen-bond acceptors (Lipinski definition) is 3. The summed E-state index contributed by atoms with van der Waals surface area (Å²) in [5.74, 6) is 0. The smallest absolute Gasteiger partial charge is 0.320 e. The largest absolute Gasteiger partial charge is 0.325 e. The molecule has 2 aliphatic heterocycles. The van der Waals surface area contributed by atoms with Gasteiger partial charge in [-0.3, -0.25) is 4.98 Å². The lowest BCUT2D eigenvalue weighted by Crippen LogP contribution is -2.66. The number of carbonyl (C=O) groups excluding carboxylic acids is 1. The Hall–Kier alpha value is -2.17. The first kappa shape index (κ1) is 18.8. The predicted molar refractivity (Wildman–Crippen MR) is 115 cm³/mol. The minimum Gasteiger partial charge on any atom is -0.325 e. The highest BCUT2D eigenvalue weighted by atomic mass is 16.2. The summed E-state index contributed by atoms with van der Waals surface area (Å²) in [5, 5.41) is 0. The van der Waals surface area contributed by atoms with Crippen LogP contribution in [0.1, 0.15) is 63.3 Å².